The Hall–Kier alpha value is -1.51. The van der Waals surface area contributed by atoms with Crippen LogP contribution < -0.4 is 10.6 Å². The van der Waals surface area contributed by atoms with E-state index < -0.39 is 4.92 Å². The molecular weight excluding hydrogens is 330 g/mol. The van der Waals surface area contributed by atoms with E-state index in [2.05, 4.69) is 26.6 Å². The number of methoxy groups -OCH3 is 1. The Labute approximate surface area is 125 Å². The highest BCUT2D eigenvalue weighted by Crippen LogP contribution is 2.25. The lowest BCUT2D eigenvalue weighted by atomic mass is 10.2. The van der Waals surface area contributed by atoms with E-state index >= 15 is 0 Å². The molecule has 0 saturated heterocycles. The van der Waals surface area contributed by atoms with Crippen molar-refractivity contribution in [2.24, 2.45) is 0 Å². The largest absolute Gasteiger partial charge is 0.383 e. The van der Waals surface area contributed by atoms with Crippen molar-refractivity contribution in [1.29, 1.82) is 0 Å². The van der Waals surface area contributed by atoms with Gasteiger partial charge in [-0.3, -0.25) is 14.9 Å². The second kappa shape index (κ2) is 8.62. The third kappa shape index (κ3) is 5.64. The van der Waals surface area contributed by atoms with E-state index in [4.69, 9.17) is 4.74 Å². The predicted molar refractivity (Wildman–Crippen MR) is 77.4 cm³/mol. The number of ether oxygens (including phenoxy) is 1. The lowest BCUT2D eigenvalue weighted by Crippen LogP contribution is -2.35. The molecule has 0 atom stereocenters. The van der Waals surface area contributed by atoms with Crippen molar-refractivity contribution in [1.82, 2.24) is 10.6 Å². The zero-order chi connectivity index (χ0) is 15.0. The summed E-state index contributed by atoms with van der Waals surface area (Å²) in [6.07, 6.45) is 0. The molecule has 0 unspecified atom stereocenters. The van der Waals surface area contributed by atoms with Crippen LogP contribution >= 0.6 is 15.9 Å². The summed E-state index contributed by atoms with van der Waals surface area (Å²) in [6.45, 7) is 1.45. The number of benzene rings is 1. The Bertz CT molecular complexity index is 482. The van der Waals surface area contributed by atoms with Crippen molar-refractivity contribution in [3.8, 4) is 0 Å². The number of nitro benzene ring substituents is 1. The first-order chi connectivity index (χ1) is 9.54. The van der Waals surface area contributed by atoms with Gasteiger partial charge in [-0.1, -0.05) is 6.07 Å². The van der Waals surface area contributed by atoms with Crippen LogP contribution in [-0.2, 0) is 16.1 Å². The maximum atomic E-state index is 11.4. The van der Waals surface area contributed by atoms with Gasteiger partial charge in [0.05, 0.1) is 22.5 Å². The third-order valence-corrected chi connectivity index (χ3v) is 3.12. The van der Waals surface area contributed by atoms with E-state index in [0.717, 1.165) is 5.56 Å². The summed E-state index contributed by atoms with van der Waals surface area (Å²) >= 11 is 3.12. The fourth-order valence-electron chi connectivity index (χ4n) is 1.48. The molecule has 2 N–H and O–H groups in total. The van der Waals surface area contributed by atoms with E-state index in [1.807, 2.05) is 0 Å². The molecule has 0 aliphatic carbocycles. The minimum atomic E-state index is -0.453. The number of nitrogens with zero attached hydrogens (tertiary/aromatic N) is 1. The van der Waals surface area contributed by atoms with E-state index in [1.165, 1.54) is 6.07 Å². The number of halogens is 1. The number of carbonyl (C=O) groups is 1. The first-order valence-electron chi connectivity index (χ1n) is 5.93. The van der Waals surface area contributed by atoms with Crippen molar-refractivity contribution >= 4 is 27.5 Å². The fourth-order valence-corrected chi connectivity index (χ4v) is 1.87. The van der Waals surface area contributed by atoms with Gasteiger partial charge >= 0.3 is 0 Å². The molecule has 0 radical (unpaired) electrons. The van der Waals surface area contributed by atoms with Crippen LogP contribution in [0.2, 0.25) is 0 Å². The Kier molecular flexibility index (Phi) is 7.13. The average Bonchev–Trinajstić information content (AvgIpc) is 2.40. The van der Waals surface area contributed by atoms with Crippen LogP contribution in [0.3, 0.4) is 0 Å². The van der Waals surface area contributed by atoms with Crippen LogP contribution in [0.1, 0.15) is 5.56 Å². The smallest absolute Gasteiger partial charge is 0.283 e. The van der Waals surface area contributed by atoms with Crippen LogP contribution in [-0.4, -0.2) is 37.6 Å². The zero-order valence-corrected chi connectivity index (χ0v) is 12.6. The van der Waals surface area contributed by atoms with Gasteiger partial charge in [-0.2, -0.15) is 0 Å². The lowest BCUT2D eigenvalue weighted by molar-refractivity contribution is -0.385. The molecule has 8 heteroatoms. The zero-order valence-electron chi connectivity index (χ0n) is 11.0. The van der Waals surface area contributed by atoms with Gasteiger partial charge in [0.1, 0.15) is 0 Å². The molecule has 110 valence electrons. The van der Waals surface area contributed by atoms with Gasteiger partial charge in [0.25, 0.3) is 5.69 Å². The lowest BCUT2D eigenvalue weighted by Gasteiger charge is -2.06. The highest BCUT2D eigenvalue weighted by molar-refractivity contribution is 9.10. The predicted octanol–water partition coefficient (Wildman–Crippen LogP) is 1.21. The Morgan fingerprint density at radius 1 is 1.50 bits per heavy atom. The topological polar surface area (TPSA) is 93.5 Å². The summed E-state index contributed by atoms with van der Waals surface area (Å²) in [5.41, 5.74) is 0.749. The first kappa shape index (κ1) is 16.5. The van der Waals surface area contributed by atoms with Crippen molar-refractivity contribution in [3.63, 3.8) is 0 Å². The van der Waals surface area contributed by atoms with Gasteiger partial charge in [0, 0.05) is 26.3 Å². The molecule has 1 aromatic rings. The third-order valence-electron chi connectivity index (χ3n) is 2.45. The minimum absolute atomic E-state index is 0.00819. The number of rotatable bonds is 8. The number of nitrogens with one attached hydrogen (secondary N) is 2. The van der Waals surface area contributed by atoms with E-state index in [-0.39, 0.29) is 18.1 Å². The number of hydrogen-bond donors (Lipinski definition) is 2. The molecule has 0 saturated carbocycles. The Morgan fingerprint density at radius 2 is 2.25 bits per heavy atom. The summed E-state index contributed by atoms with van der Waals surface area (Å²) < 4.78 is 5.24. The molecule has 0 bridgehead atoms. The van der Waals surface area contributed by atoms with Gasteiger partial charge < -0.3 is 15.4 Å². The van der Waals surface area contributed by atoms with E-state index in [0.29, 0.717) is 24.2 Å². The SMILES string of the molecule is COCCNC(=O)CNCc1ccc(Br)c([N+](=O)[O-])c1. The molecule has 0 aliphatic heterocycles. The monoisotopic (exact) mass is 345 g/mol. The Balaban J connectivity index is 2.40. The van der Waals surface area contributed by atoms with Gasteiger partial charge in [-0.05, 0) is 27.6 Å². The summed E-state index contributed by atoms with van der Waals surface area (Å²) in [7, 11) is 1.56. The summed E-state index contributed by atoms with van der Waals surface area (Å²) in [4.78, 5) is 21.7. The maximum absolute atomic E-state index is 11.4. The van der Waals surface area contributed by atoms with Crippen molar-refractivity contribution in [2.75, 3.05) is 26.8 Å². The van der Waals surface area contributed by atoms with Crippen LogP contribution in [0.4, 0.5) is 5.69 Å². The molecule has 7 nitrogen and oxygen atoms in total. The molecule has 0 spiro atoms. The molecule has 0 fully saturated rings. The molecule has 0 aliphatic rings. The molecule has 20 heavy (non-hydrogen) atoms. The van der Waals surface area contributed by atoms with Gasteiger partial charge in [0.2, 0.25) is 5.91 Å². The number of nitro groups is 1. The molecule has 0 aromatic heterocycles. The maximum Gasteiger partial charge on any atom is 0.283 e. The normalized spacial score (nSPS) is 10.3. The van der Waals surface area contributed by atoms with Gasteiger partial charge in [-0.25, -0.2) is 0 Å². The summed E-state index contributed by atoms with van der Waals surface area (Å²) in [5, 5.41) is 16.4. The number of carbonyl (C=O) groups excluding carboxylic acids is 1. The molecule has 1 aromatic carbocycles. The van der Waals surface area contributed by atoms with E-state index in [1.54, 1.807) is 19.2 Å². The fraction of sp³-hybridized carbons (Fsp3) is 0.417. The van der Waals surface area contributed by atoms with Crippen LogP contribution in [0, 0.1) is 10.1 Å². The second-order valence-electron chi connectivity index (χ2n) is 3.99. The number of hydrogen-bond acceptors (Lipinski definition) is 5. The van der Waals surface area contributed by atoms with Crippen LogP contribution in [0.5, 0.6) is 0 Å². The molecule has 0 heterocycles. The average molecular weight is 346 g/mol. The number of amides is 1. The molecule has 1 amide bonds. The molecule has 1 rings (SSSR count). The quantitative estimate of drug-likeness (QED) is 0.419. The van der Waals surface area contributed by atoms with Crippen molar-refractivity contribution in [3.05, 3.63) is 38.3 Å². The first-order valence-corrected chi connectivity index (χ1v) is 6.73. The van der Waals surface area contributed by atoms with Crippen LogP contribution in [0.15, 0.2) is 22.7 Å². The summed E-state index contributed by atoms with van der Waals surface area (Å²) in [5.74, 6) is -0.145. The summed E-state index contributed by atoms with van der Waals surface area (Å²) in [6, 6.07) is 4.85. The van der Waals surface area contributed by atoms with Crippen molar-refractivity contribution < 1.29 is 14.5 Å². The van der Waals surface area contributed by atoms with Crippen molar-refractivity contribution in [2.45, 2.75) is 6.54 Å². The van der Waals surface area contributed by atoms with Gasteiger partial charge in [0.15, 0.2) is 0 Å². The Morgan fingerprint density at radius 3 is 2.90 bits per heavy atom. The second-order valence-corrected chi connectivity index (χ2v) is 4.84. The highest BCUT2D eigenvalue weighted by Gasteiger charge is 2.12. The van der Waals surface area contributed by atoms with Gasteiger partial charge in [-0.15, -0.1) is 0 Å². The van der Waals surface area contributed by atoms with E-state index in [9.17, 15) is 14.9 Å². The standard InChI is InChI=1S/C12H16BrN3O4/c1-20-5-4-15-12(17)8-14-7-9-2-3-10(13)11(6-9)16(18)19/h2-3,6,14H,4-5,7-8H2,1H3,(H,15,17). The minimum Gasteiger partial charge on any atom is -0.383 e. The highest BCUT2D eigenvalue weighted by atomic mass is 79.9. The molecular formula is C12H16BrN3O4. The van der Waals surface area contributed by atoms with Crippen LogP contribution in [0.25, 0.3) is 0 Å².